The summed E-state index contributed by atoms with van der Waals surface area (Å²) in [5.41, 5.74) is 0.426. The van der Waals surface area contributed by atoms with Crippen LogP contribution in [0.15, 0.2) is 30.3 Å². The minimum Gasteiger partial charge on any atom is -0.393 e. The highest BCUT2D eigenvalue weighted by Crippen LogP contribution is 2.25. The molecule has 1 N–H and O–H groups in total. The average Bonchev–Trinajstić information content (AvgIpc) is 3.17. The van der Waals surface area contributed by atoms with Crippen LogP contribution in [-0.2, 0) is 16.0 Å². The van der Waals surface area contributed by atoms with Gasteiger partial charge < -0.3 is 14.7 Å². The molecule has 2 fully saturated rings. The second-order valence-corrected chi connectivity index (χ2v) is 7.52. The molecule has 5 nitrogen and oxygen atoms in total. The molecule has 1 aromatic carbocycles. The molecular formula is C20H30N2O3. The predicted molar refractivity (Wildman–Crippen MR) is 97.4 cm³/mol. The molecule has 1 unspecified atom stereocenters. The highest BCUT2D eigenvalue weighted by molar-refractivity contribution is 5.78. The van der Waals surface area contributed by atoms with Crippen molar-refractivity contribution in [3.63, 3.8) is 0 Å². The number of rotatable bonds is 6. The smallest absolute Gasteiger partial charge is 0.236 e. The summed E-state index contributed by atoms with van der Waals surface area (Å²) < 4.78 is 5.95. The number of benzene rings is 1. The molecule has 1 saturated heterocycles. The molecule has 0 aromatic heterocycles. The number of likely N-dealkylation sites (N-methyl/N-ethyl adjacent to an activating group) is 1. The largest absolute Gasteiger partial charge is 0.393 e. The van der Waals surface area contributed by atoms with E-state index in [0.29, 0.717) is 38.7 Å². The second kappa shape index (κ2) is 8.30. The normalized spacial score (nSPS) is 24.8. The Morgan fingerprint density at radius 1 is 1.32 bits per heavy atom. The van der Waals surface area contributed by atoms with Crippen molar-refractivity contribution in [3.8, 4) is 0 Å². The van der Waals surface area contributed by atoms with Crippen LogP contribution in [0, 0.1) is 0 Å². The van der Waals surface area contributed by atoms with Crippen LogP contribution in [0.2, 0.25) is 0 Å². The molecule has 2 aliphatic rings. The van der Waals surface area contributed by atoms with Gasteiger partial charge in [0.1, 0.15) is 5.60 Å². The lowest BCUT2D eigenvalue weighted by Crippen LogP contribution is -2.58. The summed E-state index contributed by atoms with van der Waals surface area (Å²) in [5.74, 6) is 0.142. The van der Waals surface area contributed by atoms with E-state index in [4.69, 9.17) is 4.74 Å². The summed E-state index contributed by atoms with van der Waals surface area (Å²) in [6, 6.07) is 10.6. The van der Waals surface area contributed by atoms with E-state index in [1.165, 1.54) is 25.7 Å². The lowest BCUT2D eigenvalue weighted by Gasteiger charge is -2.42. The number of aliphatic hydroxyl groups excluding tert-OH is 1. The van der Waals surface area contributed by atoms with Gasteiger partial charge in [0.05, 0.1) is 26.3 Å². The van der Waals surface area contributed by atoms with Crippen LogP contribution in [0.5, 0.6) is 0 Å². The molecule has 1 aliphatic heterocycles. The van der Waals surface area contributed by atoms with Gasteiger partial charge in [-0.1, -0.05) is 43.2 Å². The summed E-state index contributed by atoms with van der Waals surface area (Å²) in [6.07, 6.45) is 5.55. The maximum Gasteiger partial charge on any atom is 0.236 e. The fourth-order valence-corrected chi connectivity index (χ4v) is 4.07. The Kier molecular flexibility index (Phi) is 6.10. The summed E-state index contributed by atoms with van der Waals surface area (Å²) in [5, 5.41) is 9.98. The van der Waals surface area contributed by atoms with Gasteiger partial charge in [0.2, 0.25) is 5.91 Å². The van der Waals surface area contributed by atoms with Crippen molar-refractivity contribution in [2.45, 2.75) is 43.7 Å². The van der Waals surface area contributed by atoms with Crippen LogP contribution in [-0.4, -0.2) is 72.4 Å². The van der Waals surface area contributed by atoms with Gasteiger partial charge in [0, 0.05) is 19.0 Å². The lowest BCUT2D eigenvalue weighted by atomic mass is 9.93. The number of carbonyl (C=O) groups excluding carboxylic acids is 1. The Morgan fingerprint density at radius 3 is 2.72 bits per heavy atom. The number of carbonyl (C=O) groups is 1. The molecule has 1 saturated carbocycles. The Morgan fingerprint density at radius 2 is 2.04 bits per heavy atom. The number of ether oxygens (including phenoxy) is 1. The van der Waals surface area contributed by atoms with Crippen LogP contribution in [0.4, 0.5) is 0 Å². The van der Waals surface area contributed by atoms with E-state index in [2.05, 4.69) is 11.9 Å². The molecule has 0 spiro atoms. The van der Waals surface area contributed by atoms with Gasteiger partial charge in [0.25, 0.3) is 0 Å². The maximum absolute atomic E-state index is 12.8. The van der Waals surface area contributed by atoms with Crippen molar-refractivity contribution < 1.29 is 14.6 Å². The third kappa shape index (κ3) is 4.60. The van der Waals surface area contributed by atoms with Crippen LogP contribution in [0.3, 0.4) is 0 Å². The molecule has 5 heteroatoms. The first-order valence-electron chi connectivity index (χ1n) is 9.39. The van der Waals surface area contributed by atoms with Crippen molar-refractivity contribution >= 4 is 5.91 Å². The minimum atomic E-state index is -0.693. The Bertz CT molecular complexity index is 559. The molecule has 25 heavy (non-hydrogen) atoms. The van der Waals surface area contributed by atoms with Gasteiger partial charge >= 0.3 is 0 Å². The number of aliphatic hydroxyl groups is 1. The summed E-state index contributed by atoms with van der Waals surface area (Å²) in [4.78, 5) is 16.8. The molecule has 1 heterocycles. The topological polar surface area (TPSA) is 53.0 Å². The first kappa shape index (κ1) is 18.4. The van der Waals surface area contributed by atoms with E-state index in [1.54, 1.807) is 0 Å². The Labute approximate surface area is 150 Å². The number of nitrogens with zero attached hydrogens (tertiary/aromatic N) is 2. The highest BCUT2D eigenvalue weighted by atomic mass is 16.5. The zero-order valence-corrected chi connectivity index (χ0v) is 15.2. The van der Waals surface area contributed by atoms with Crippen molar-refractivity contribution in [3.05, 3.63) is 35.9 Å². The third-order valence-electron chi connectivity index (χ3n) is 5.59. The van der Waals surface area contributed by atoms with E-state index in [0.717, 1.165) is 5.56 Å². The average molecular weight is 346 g/mol. The summed E-state index contributed by atoms with van der Waals surface area (Å²) in [6.45, 7) is 1.91. The molecule has 1 aromatic rings. The Balaban J connectivity index is 1.61. The van der Waals surface area contributed by atoms with Crippen LogP contribution in [0.25, 0.3) is 0 Å². The SMILES string of the molecule is CN(CC(=O)N1CCOC(CO)(Cc2ccccc2)C1)C1CCCC1. The van der Waals surface area contributed by atoms with Crippen molar-refractivity contribution in [2.75, 3.05) is 39.9 Å². The summed E-state index contributed by atoms with van der Waals surface area (Å²) >= 11 is 0. The fraction of sp³-hybridized carbons (Fsp3) is 0.650. The number of hydrogen-bond donors (Lipinski definition) is 1. The Hall–Kier alpha value is -1.43. The number of amides is 1. The van der Waals surface area contributed by atoms with Crippen molar-refractivity contribution in [2.24, 2.45) is 0 Å². The van der Waals surface area contributed by atoms with Gasteiger partial charge in [-0.3, -0.25) is 9.69 Å². The molecule has 0 radical (unpaired) electrons. The quantitative estimate of drug-likeness (QED) is 0.852. The van der Waals surface area contributed by atoms with Gasteiger partial charge in [-0.2, -0.15) is 0 Å². The first-order chi connectivity index (χ1) is 12.1. The van der Waals surface area contributed by atoms with Gasteiger partial charge in [-0.05, 0) is 25.5 Å². The van der Waals surface area contributed by atoms with Crippen LogP contribution in [0.1, 0.15) is 31.2 Å². The van der Waals surface area contributed by atoms with Crippen LogP contribution >= 0.6 is 0 Å². The standard InChI is InChI=1S/C20H30N2O3/c1-21(18-9-5-6-10-18)14-19(24)22-11-12-25-20(15-22,16-23)13-17-7-3-2-4-8-17/h2-4,7-8,18,23H,5-6,9-16H2,1H3. The molecule has 138 valence electrons. The van der Waals surface area contributed by atoms with E-state index in [9.17, 15) is 9.90 Å². The minimum absolute atomic E-state index is 0.0792. The van der Waals surface area contributed by atoms with Crippen molar-refractivity contribution in [1.29, 1.82) is 0 Å². The molecule has 1 aliphatic carbocycles. The first-order valence-corrected chi connectivity index (χ1v) is 9.39. The maximum atomic E-state index is 12.8. The second-order valence-electron chi connectivity index (χ2n) is 7.52. The lowest BCUT2D eigenvalue weighted by molar-refractivity contribution is -0.158. The zero-order valence-electron chi connectivity index (χ0n) is 15.2. The van der Waals surface area contributed by atoms with Crippen molar-refractivity contribution in [1.82, 2.24) is 9.80 Å². The van der Waals surface area contributed by atoms with Gasteiger partial charge in [-0.15, -0.1) is 0 Å². The molecule has 1 amide bonds. The molecular weight excluding hydrogens is 316 g/mol. The molecule has 3 rings (SSSR count). The van der Waals surface area contributed by atoms with Gasteiger partial charge in [-0.25, -0.2) is 0 Å². The molecule has 1 atom stereocenters. The van der Waals surface area contributed by atoms with E-state index in [-0.39, 0.29) is 12.5 Å². The monoisotopic (exact) mass is 346 g/mol. The van der Waals surface area contributed by atoms with Gasteiger partial charge in [0.15, 0.2) is 0 Å². The number of hydrogen-bond acceptors (Lipinski definition) is 4. The van der Waals surface area contributed by atoms with E-state index in [1.807, 2.05) is 35.2 Å². The van der Waals surface area contributed by atoms with Crippen LogP contribution < -0.4 is 0 Å². The predicted octanol–water partition coefficient (Wildman–Crippen LogP) is 1.69. The number of morpholine rings is 1. The highest BCUT2D eigenvalue weighted by Gasteiger charge is 2.38. The van der Waals surface area contributed by atoms with E-state index >= 15 is 0 Å². The summed E-state index contributed by atoms with van der Waals surface area (Å²) in [7, 11) is 2.05. The molecule has 0 bridgehead atoms. The van der Waals surface area contributed by atoms with E-state index < -0.39 is 5.60 Å². The zero-order chi connectivity index (χ0) is 17.7. The third-order valence-corrected chi connectivity index (χ3v) is 5.59. The fourth-order valence-electron chi connectivity index (χ4n) is 4.07.